The van der Waals surface area contributed by atoms with Gasteiger partial charge in [-0.2, -0.15) is 0 Å². The van der Waals surface area contributed by atoms with Crippen LogP contribution in [0.1, 0.15) is 35.6 Å². The number of rotatable bonds is 6. The Kier molecular flexibility index (Phi) is 7.40. The molecular formula is C26H26ClN3OS. The maximum atomic E-state index is 13.4. The first-order valence-corrected chi connectivity index (χ1v) is 11.6. The Balaban J connectivity index is 1.46. The van der Waals surface area contributed by atoms with Crippen LogP contribution in [0.25, 0.3) is 0 Å². The van der Waals surface area contributed by atoms with E-state index in [0.717, 1.165) is 36.1 Å². The third-order valence-corrected chi connectivity index (χ3v) is 6.50. The van der Waals surface area contributed by atoms with Crippen molar-refractivity contribution in [3.63, 3.8) is 0 Å². The van der Waals surface area contributed by atoms with Gasteiger partial charge in [0.1, 0.15) is 6.04 Å². The number of nitrogens with zero attached hydrogens (tertiary/aromatic N) is 1. The molecule has 1 fully saturated rings. The van der Waals surface area contributed by atoms with Crippen molar-refractivity contribution in [3.05, 3.63) is 107 Å². The van der Waals surface area contributed by atoms with Crippen LogP contribution in [0.3, 0.4) is 0 Å². The van der Waals surface area contributed by atoms with Gasteiger partial charge in [0.15, 0.2) is 5.11 Å². The minimum absolute atomic E-state index is 0.0119. The van der Waals surface area contributed by atoms with Crippen molar-refractivity contribution in [1.82, 2.24) is 15.5 Å². The van der Waals surface area contributed by atoms with E-state index in [1.54, 1.807) is 0 Å². The second-order valence-electron chi connectivity index (χ2n) is 7.86. The fourth-order valence-electron chi connectivity index (χ4n) is 4.09. The molecule has 1 aliphatic heterocycles. The molecule has 1 aliphatic rings. The van der Waals surface area contributed by atoms with E-state index >= 15 is 0 Å². The maximum Gasteiger partial charge on any atom is 0.243 e. The highest BCUT2D eigenvalue weighted by Crippen LogP contribution is 2.24. The van der Waals surface area contributed by atoms with Crippen LogP contribution in [0.2, 0.25) is 5.02 Å². The van der Waals surface area contributed by atoms with E-state index in [1.165, 1.54) is 0 Å². The third kappa shape index (κ3) is 5.29. The SMILES string of the molecule is O=C(NC(c1ccccc1)c1ccccc1)[C@@H]1CCCN1C(=S)NCc1ccccc1Cl. The number of likely N-dealkylation sites (tertiary alicyclic amines) is 1. The van der Waals surface area contributed by atoms with Crippen LogP contribution in [0.4, 0.5) is 0 Å². The largest absolute Gasteiger partial charge is 0.358 e. The zero-order chi connectivity index (χ0) is 22.3. The van der Waals surface area contributed by atoms with Crippen molar-refractivity contribution in [3.8, 4) is 0 Å². The first-order valence-electron chi connectivity index (χ1n) is 10.8. The smallest absolute Gasteiger partial charge is 0.243 e. The average Bonchev–Trinajstić information content (AvgIpc) is 3.33. The molecule has 3 aromatic carbocycles. The van der Waals surface area contributed by atoms with E-state index in [-0.39, 0.29) is 18.0 Å². The van der Waals surface area contributed by atoms with E-state index in [1.807, 2.05) is 89.8 Å². The summed E-state index contributed by atoms with van der Waals surface area (Å²) in [6, 6.07) is 27.3. The second kappa shape index (κ2) is 10.6. The number of thiocarbonyl (C=S) groups is 1. The topological polar surface area (TPSA) is 44.4 Å². The summed E-state index contributed by atoms with van der Waals surface area (Å²) in [5, 5.41) is 7.83. The summed E-state index contributed by atoms with van der Waals surface area (Å²) < 4.78 is 0. The van der Waals surface area contributed by atoms with Gasteiger partial charge in [0.2, 0.25) is 5.91 Å². The van der Waals surface area contributed by atoms with Gasteiger partial charge in [-0.25, -0.2) is 0 Å². The van der Waals surface area contributed by atoms with E-state index in [4.69, 9.17) is 23.8 Å². The standard InChI is InChI=1S/C26H26ClN3OS/c27-22-15-8-7-14-21(22)18-28-26(32)30-17-9-16-23(30)25(31)29-24(19-10-3-1-4-11-19)20-12-5-2-6-13-20/h1-8,10-15,23-24H,9,16-18H2,(H,28,32)(H,29,31)/t23-/m0/s1. The fourth-order valence-corrected chi connectivity index (χ4v) is 4.58. The van der Waals surface area contributed by atoms with Crippen molar-refractivity contribution in [2.45, 2.75) is 31.5 Å². The lowest BCUT2D eigenvalue weighted by molar-refractivity contribution is -0.124. The molecule has 0 spiro atoms. The molecule has 0 saturated carbocycles. The summed E-state index contributed by atoms with van der Waals surface area (Å²) >= 11 is 11.9. The molecular weight excluding hydrogens is 438 g/mol. The average molecular weight is 464 g/mol. The Labute approximate surface area is 199 Å². The molecule has 4 rings (SSSR count). The monoisotopic (exact) mass is 463 g/mol. The zero-order valence-corrected chi connectivity index (χ0v) is 19.3. The molecule has 0 bridgehead atoms. The molecule has 3 aromatic rings. The number of carbonyl (C=O) groups excluding carboxylic acids is 1. The Morgan fingerprint density at radius 2 is 1.56 bits per heavy atom. The summed E-state index contributed by atoms with van der Waals surface area (Å²) in [7, 11) is 0. The Hall–Kier alpha value is -2.89. The van der Waals surface area contributed by atoms with Crippen LogP contribution in [0.5, 0.6) is 0 Å². The van der Waals surface area contributed by atoms with Gasteiger partial charge < -0.3 is 15.5 Å². The molecule has 1 saturated heterocycles. The molecule has 2 N–H and O–H groups in total. The molecule has 1 heterocycles. The lowest BCUT2D eigenvalue weighted by atomic mass is 9.98. The quantitative estimate of drug-likeness (QED) is 0.500. The number of hydrogen-bond acceptors (Lipinski definition) is 2. The van der Waals surface area contributed by atoms with Crippen LogP contribution in [-0.2, 0) is 11.3 Å². The molecule has 1 atom stereocenters. The lowest BCUT2D eigenvalue weighted by Gasteiger charge is -2.29. The fraction of sp³-hybridized carbons (Fsp3) is 0.231. The summed E-state index contributed by atoms with van der Waals surface area (Å²) in [4.78, 5) is 15.4. The molecule has 0 unspecified atom stereocenters. The minimum atomic E-state index is -0.295. The summed E-state index contributed by atoms with van der Waals surface area (Å²) in [5.41, 5.74) is 3.08. The molecule has 32 heavy (non-hydrogen) atoms. The Bertz CT molecular complexity index is 1020. The van der Waals surface area contributed by atoms with Gasteiger partial charge in [-0.3, -0.25) is 4.79 Å². The highest BCUT2D eigenvalue weighted by Gasteiger charge is 2.33. The summed E-state index contributed by atoms with van der Waals surface area (Å²) in [6.45, 7) is 1.29. The van der Waals surface area contributed by atoms with E-state index in [2.05, 4.69) is 10.6 Å². The van der Waals surface area contributed by atoms with E-state index in [0.29, 0.717) is 16.7 Å². The van der Waals surface area contributed by atoms with Gasteiger partial charge in [-0.15, -0.1) is 0 Å². The second-order valence-corrected chi connectivity index (χ2v) is 8.66. The molecule has 6 heteroatoms. The van der Waals surface area contributed by atoms with Crippen LogP contribution in [0.15, 0.2) is 84.9 Å². The number of amides is 1. The molecule has 0 aliphatic carbocycles. The predicted molar refractivity (Wildman–Crippen MR) is 133 cm³/mol. The van der Waals surface area contributed by atoms with Crippen LogP contribution < -0.4 is 10.6 Å². The van der Waals surface area contributed by atoms with Gasteiger partial charge in [-0.05, 0) is 47.8 Å². The molecule has 164 valence electrons. The van der Waals surface area contributed by atoms with Crippen molar-refractivity contribution < 1.29 is 4.79 Å². The number of halogens is 1. The number of benzene rings is 3. The first kappa shape index (κ1) is 22.3. The Morgan fingerprint density at radius 3 is 2.19 bits per heavy atom. The zero-order valence-electron chi connectivity index (χ0n) is 17.7. The number of nitrogens with one attached hydrogen (secondary N) is 2. The molecule has 1 amide bonds. The third-order valence-electron chi connectivity index (χ3n) is 5.76. The molecule has 0 aromatic heterocycles. The van der Waals surface area contributed by atoms with E-state index < -0.39 is 0 Å². The predicted octanol–water partition coefficient (Wildman–Crippen LogP) is 5.08. The number of hydrogen-bond donors (Lipinski definition) is 2. The van der Waals surface area contributed by atoms with E-state index in [9.17, 15) is 4.79 Å². The minimum Gasteiger partial charge on any atom is -0.358 e. The van der Waals surface area contributed by atoms with Gasteiger partial charge in [0.05, 0.1) is 6.04 Å². The van der Waals surface area contributed by atoms with Crippen LogP contribution in [0, 0.1) is 0 Å². The van der Waals surface area contributed by atoms with Gasteiger partial charge in [-0.1, -0.05) is 90.5 Å². The van der Waals surface area contributed by atoms with Crippen molar-refractivity contribution in [2.24, 2.45) is 0 Å². The normalized spacial score (nSPS) is 15.6. The highest BCUT2D eigenvalue weighted by atomic mass is 35.5. The van der Waals surface area contributed by atoms with Gasteiger partial charge >= 0.3 is 0 Å². The maximum absolute atomic E-state index is 13.4. The van der Waals surface area contributed by atoms with Gasteiger partial charge in [0.25, 0.3) is 0 Å². The number of carbonyl (C=O) groups is 1. The lowest BCUT2D eigenvalue weighted by Crippen LogP contribution is -2.50. The van der Waals surface area contributed by atoms with Gasteiger partial charge in [0, 0.05) is 18.1 Å². The van der Waals surface area contributed by atoms with Crippen molar-refractivity contribution in [1.29, 1.82) is 0 Å². The Morgan fingerprint density at radius 1 is 0.969 bits per heavy atom. The highest BCUT2D eigenvalue weighted by molar-refractivity contribution is 7.80. The van der Waals surface area contributed by atoms with Crippen molar-refractivity contribution in [2.75, 3.05) is 6.54 Å². The van der Waals surface area contributed by atoms with Crippen LogP contribution >= 0.6 is 23.8 Å². The summed E-state index contributed by atoms with van der Waals surface area (Å²) in [6.07, 6.45) is 1.70. The molecule has 4 nitrogen and oxygen atoms in total. The summed E-state index contributed by atoms with van der Waals surface area (Å²) in [5.74, 6) is -0.0119. The molecule has 0 radical (unpaired) electrons. The van der Waals surface area contributed by atoms with Crippen molar-refractivity contribution >= 4 is 34.8 Å². The van der Waals surface area contributed by atoms with Crippen LogP contribution in [-0.4, -0.2) is 28.5 Å². The first-order chi connectivity index (χ1) is 15.6.